The van der Waals surface area contributed by atoms with Gasteiger partial charge in [-0.25, -0.2) is 0 Å². The number of hydrogen-bond donors (Lipinski definition) is 0. The smallest absolute Gasteiger partial charge is 0.0654 e. The van der Waals surface area contributed by atoms with Crippen LogP contribution < -0.4 is 0 Å². The summed E-state index contributed by atoms with van der Waals surface area (Å²) in [6, 6.07) is 0. The molecule has 0 N–H and O–H groups in total. The molecule has 0 bridgehead atoms. The molecule has 0 amide bonds. The summed E-state index contributed by atoms with van der Waals surface area (Å²) < 4.78 is 17.4. The number of rotatable bonds is 9. The zero-order chi connectivity index (χ0) is 15.4. The highest BCUT2D eigenvalue weighted by Crippen LogP contribution is 2.47. The number of hydrogen-bond acceptors (Lipinski definition) is 3. The van der Waals surface area contributed by atoms with Crippen LogP contribution in [-0.4, -0.2) is 39.6 Å². The topological polar surface area (TPSA) is 27.7 Å². The van der Waals surface area contributed by atoms with Crippen molar-refractivity contribution in [2.75, 3.05) is 34.0 Å². The molecule has 3 nitrogen and oxygen atoms in total. The van der Waals surface area contributed by atoms with E-state index in [0.717, 1.165) is 0 Å². The van der Waals surface area contributed by atoms with Gasteiger partial charge in [-0.3, -0.25) is 0 Å². The van der Waals surface area contributed by atoms with Gasteiger partial charge in [0.1, 0.15) is 0 Å². The molecule has 3 heteroatoms. The lowest BCUT2D eigenvalue weighted by Gasteiger charge is -2.51. The number of ether oxygens (including phenoxy) is 3. The Kier molecular flexibility index (Phi) is 6.06. The molecule has 20 heavy (non-hydrogen) atoms. The molecule has 0 aromatic carbocycles. The van der Waals surface area contributed by atoms with Gasteiger partial charge in [-0.15, -0.1) is 0 Å². The van der Waals surface area contributed by atoms with E-state index in [1.165, 1.54) is 19.3 Å². The molecule has 0 aromatic heterocycles. The van der Waals surface area contributed by atoms with Gasteiger partial charge in [0.25, 0.3) is 0 Å². The van der Waals surface area contributed by atoms with E-state index in [2.05, 4.69) is 34.6 Å². The van der Waals surface area contributed by atoms with Crippen LogP contribution in [0.2, 0.25) is 0 Å². The molecule has 0 aliphatic heterocycles. The van der Waals surface area contributed by atoms with Gasteiger partial charge >= 0.3 is 0 Å². The van der Waals surface area contributed by atoms with E-state index in [1.54, 1.807) is 14.2 Å². The summed E-state index contributed by atoms with van der Waals surface area (Å²) in [5.41, 5.74) is 0.0438. The van der Waals surface area contributed by atoms with Crippen molar-refractivity contribution >= 4 is 0 Å². The van der Waals surface area contributed by atoms with Crippen molar-refractivity contribution < 1.29 is 14.2 Å². The third-order valence-corrected chi connectivity index (χ3v) is 5.76. The molecule has 0 atom stereocenters. The van der Waals surface area contributed by atoms with Crippen LogP contribution in [0.4, 0.5) is 0 Å². The SMILES string of the molecule is COCC(COC)(COC1(C)CCC1)C(C)(C)C(C)C. The van der Waals surface area contributed by atoms with Crippen LogP contribution in [0.1, 0.15) is 53.9 Å². The lowest BCUT2D eigenvalue weighted by Crippen LogP contribution is -2.53. The Labute approximate surface area is 125 Å². The van der Waals surface area contributed by atoms with Gasteiger partial charge in [0, 0.05) is 19.6 Å². The second-order valence-corrected chi connectivity index (χ2v) is 7.61. The minimum Gasteiger partial charge on any atom is -0.384 e. The van der Waals surface area contributed by atoms with E-state index < -0.39 is 0 Å². The first kappa shape index (κ1) is 17.9. The van der Waals surface area contributed by atoms with E-state index >= 15 is 0 Å². The van der Waals surface area contributed by atoms with Gasteiger partial charge in [-0.1, -0.05) is 27.7 Å². The summed E-state index contributed by atoms with van der Waals surface area (Å²) in [4.78, 5) is 0. The molecule has 120 valence electrons. The van der Waals surface area contributed by atoms with Crippen molar-refractivity contribution in [2.24, 2.45) is 16.7 Å². The predicted molar refractivity (Wildman–Crippen MR) is 83.0 cm³/mol. The summed E-state index contributed by atoms with van der Waals surface area (Å²) in [6.45, 7) is 13.4. The maximum Gasteiger partial charge on any atom is 0.0654 e. The predicted octanol–water partition coefficient (Wildman–Crippen LogP) is 3.91. The zero-order valence-corrected chi connectivity index (χ0v) is 14.5. The molecular formula is C17H34O3. The first-order valence-electron chi connectivity index (χ1n) is 7.85. The molecule has 0 aromatic rings. The molecule has 0 spiro atoms. The third-order valence-electron chi connectivity index (χ3n) is 5.76. The lowest BCUT2D eigenvalue weighted by atomic mass is 9.61. The molecular weight excluding hydrogens is 252 g/mol. The monoisotopic (exact) mass is 286 g/mol. The third kappa shape index (κ3) is 3.55. The normalized spacial score (nSPS) is 19.2. The van der Waals surface area contributed by atoms with Crippen molar-refractivity contribution in [3.8, 4) is 0 Å². The standard InChI is InChI=1S/C17H34O3/c1-14(2)15(3,4)17(11-18-6,12-19-7)13-20-16(5)9-8-10-16/h14H,8-13H2,1-7H3. The molecule has 0 unspecified atom stereocenters. The summed E-state index contributed by atoms with van der Waals surface area (Å²) >= 11 is 0. The van der Waals surface area contributed by atoms with E-state index in [-0.39, 0.29) is 16.4 Å². The van der Waals surface area contributed by atoms with Gasteiger partial charge in [-0.2, -0.15) is 0 Å². The van der Waals surface area contributed by atoms with Crippen LogP contribution in [0.5, 0.6) is 0 Å². The van der Waals surface area contributed by atoms with Crippen molar-refractivity contribution in [3.05, 3.63) is 0 Å². The van der Waals surface area contributed by atoms with Gasteiger partial charge in [0.2, 0.25) is 0 Å². The molecule has 0 radical (unpaired) electrons. The second-order valence-electron chi connectivity index (χ2n) is 7.61. The fraction of sp³-hybridized carbons (Fsp3) is 1.00. The van der Waals surface area contributed by atoms with Crippen molar-refractivity contribution in [1.29, 1.82) is 0 Å². The van der Waals surface area contributed by atoms with Gasteiger partial charge in [0.05, 0.1) is 25.4 Å². The quantitative estimate of drug-likeness (QED) is 0.643. The molecule has 0 heterocycles. The van der Waals surface area contributed by atoms with E-state index in [4.69, 9.17) is 14.2 Å². The molecule has 1 aliphatic carbocycles. The summed E-state index contributed by atoms with van der Waals surface area (Å²) in [5, 5.41) is 0. The van der Waals surface area contributed by atoms with Crippen LogP contribution in [0, 0.1) is 16.7 Å². The maximum atomic E-state index is 6.31. The van der Waals surface area contributed by atoms with E-state index in [9.17, 15) is 0 Å². The molecule has 1 rings (SSSR count). The summed E-state index contributed by atoms with van der Waals surface area (Å²) in [6.07, 6.45) is 3.63. The first-order chi connectivity index (χ1) is 9.23. The van der Waals surface area contributed by atoms with Crippen molar-refractivity contribution in [2.45, 2.75) is 59.5 Å². The Hall–Kier alpha value is -0.120. The minimum atomic E-state index is -0.108. The molecule has 1 aliphatic rings. The fourth-order valence-corrected chi connectivity index (χ4v) is 2.98. The highest BCUT2D eigenvalue weighted by Gasteiger charge is 2.49. The van der Waals surface area contributed by atoms with Crippen LogP contribution in [0.3, 0.4) is 0 Å². The molecule has 1 fully saturated rings. The maximum absolute atomic E-state index is 6.31. The number of methoxy groups -OCH3 is 2. The highest BCUT2D eigenvalue weighted by atomic mass is 16.5. The van der Waals surface area contributed by atoms with Crippen LogP contribution in [0.25, 0.3) is 0 Å². The van der Waals surface area contributed by atoms with Gasteiger partial charge in [0.15, 0.2) is 0 Å². The Morgan fingerprint density at radius 3 is 1.80 bits per heavy atom. The molecule has 0 saturated heterocycles. The largest absolute Gasteiger partial charge is 0.384 e. The average Bonchev–Trinajstić information content (AvgIpc) is 2.33. The van der Waals surface area contributed by atoms with Gasteiger partial charge < -0.3 is 14.2 Å². The summed E-state index contributed by atoms with van der Waals surface area (Å²) in [5.74, 6) is 0.533. The van der Waals surface area contributed by atoms with Crippen molar-refractivity contribution in [1.82, 2.24) is 0 Å². The van der Waals surface area contributed by atoms with Crippen LogP contribution in [-0.2, 0) is 14.2 Å². The Morgan fingerprint density at radius 1 is 1.00 bits per heavy atom. The van der Waals surface area contributed by atoms with Gasteiger partial charge in [-0.05, 0) is 37.5 Å². The highest BCUT2D eigenvalue weighted by molar-refractivity contribution is 4.96. The zero-order valence-electron chi connectivity index (χ0n) is 14.5. The lowest BCUT2D eigenvalue weighted by molar-refractivity contribution is -0.179. The first-order valence-corrected chi connectivity index (χ1v) is 7.85. The van der Waals surface area contributed by atoms with Crippen LogP contribution >= 0.6 is 0 Å². The molecule has 1 saturated carbocycles. The minimum absolute atomic E-state index is 0.0692. The van der Waals surface area contributed by atoms with E-state index in [0.29, 0.717) is 25.7 Å². The van der Waals surface area contributed by atoms with Crippen molar-refractivity contribution in [3.63, 3.8) is 0 Å². The fourth-order valence-electron chi connectivity index (χ4n) is 2.98. The second kappa shape index (κ2) is 6.76. The average molecular weight is 286 g/mol. The Morgan fingerprint density at radius 2 is 1.50 bits per heavy atom. The summed E-state index contributed by atoms with van der Waals surface area (Å²) in [7, 11) is 3.54. The van der Waals surface area contributed by atoms with Crippen LogP contribution in [0.15, 0.2) is 0 Å². The Bertz CT molecular complexity index is 287. The van der Waals surface area contributed by atoms with E-state index in [1.807, 2.05) is 0 Å². The Balaban J connectivity index is 2.91.